The number of thiophene rings is 1. The molecule has 0 radical (unpaired) electrons. The third kappa shape index (κ3) is 2.34. The van der Waals surface area contributed by atoms with Gasteiger partial charge in [-0.05, 0) is 44.1 Å². The zero-order valence-corrected chi connectivity index (χ0v) is 12.9. The van der Waals surface area contributed by atoms with E-state index in [1.165, 1.54) is 35.1 Å². The van der Waals surface area contributed by atoms with Crippen LogP contribution in [0.1, 0.15) is 43.6 Å². The molecule has 1 aliphatic carbocycles. The number of anilines is 1. The fraction of sp³-hybridized carbons (Fsp3) is 0.600. The summed E-state index contributed by atoms with van der Waals surface area (Å²) in [5.74, 6) is 1.02. The molecule has 0 amide bonds. The van der Waals surface area contributed by atoms with Crippen molar-refractivity contribution in [2.75, 3.05) is 5.32 Å². The van der Waals surface area contributed by atoms with E-state index in [0.717, 1.165) is 10.6 Å². The van der Waals surface area contributed by atoms with Crippen LogP contribution in [0, 0.1) is 19.3 Å². The lowest BCUT2D eigenvalue weighted by atomic mass is 9.92. The maximum absolute atomic E-state index is 4.48. The van der Waals surface area contributed by atoms with Crippen LogP contribution in [0.4, 0.5) is 5.82 Å². The van der Waals surface area contributed by atoms with Gasteiger partial charge >= 0.3 is 0 Å². The molecule has 1 atom stereocenters. The Morgan fingerprint density at radius 2 is 2.11 bits per heavy atom. The van der Waals surface area contributed by atoms with E-state index in [4.69, 9.17) is 0 Å². The van der Waals surface area contributed by atoms with Crippen molar-refractivity contribution in [1.82, 2.24) is 9.97 Å². The van der Waals surface area contributed by atoms with Crippen molar-refractivity contribution in [2.45, 2.75) is 53.0 Å². The van der Waals surface area contributed by atoms with E-state index in [-0.39, 0.29) is 0 Å². The van der Waals surface area contributed by atoms with Crippen LogP contribution in [-0.4, -0.2) is 16.0 Å². The van der Waals surface area contributed by atoms with E-state index in [1.54, 1.807) is 17.7 Å². The highest BCUT2D eigenvalue weighted by molar-refractivity contribution is 7.18. The van der Waals surface area contributed by atoms with Crippen molar-refractivity contribution in [1.29, 1.82) is 0 Å². The molecule has 0 saturated heterocycles. The molecule has 0 spiro atoms. The average molecular weight is 275 g/mol. The first-order valence-corrected chi connectivity index (χ1v) is 7.75. The van der Waals surface area contributed by atoms with Crippen LogP contribution in [0.2, 0.25) is 0 Å². The molecule has 0 aliphatic heterocycles. The lowest BCUT2D eigenvalue weighted by Crippen LogP contribution is -2.18. The second-order valence-electron chi connectivity index (χ2n) is 6.43. The van der Waals surface area contributed by atoms with E-state index < -0.39 is 0 Å². The van der Waals surface area contributed by atoms with Gasteiger partial charge in [0.05, 0.1) is 5.39 Å². The maximum Gasteiger partial charge on any atom is 0.138 e. The number of hydrogen-bond donors (Lipinski definition) is 1. The molecule has 19 heavy (non-hydrogen) atoms. The zero-order chi connectivity index (χ0) is 13.6. The molecule has 2 aromatic rings. The summed E-state index contributed by atoms with van der Waals surface area (Å²) in [4.78, 5) is 11.3. The van der Waals surface area contributed by atoms with Gasteiger partial charge in [0.2, 0.25) is 0 Å². The molecule has 1 aliphatic rings. The Morgan fingerprint density at radius 1 is 1.32 bits per heavy atom. The summed E-state index contributed by atoms with van der Waals surface area (Å²) < 4.78 is 0. The minimum atomic E-state index is 0.462. The topological polar surface area (TPSA) is 37.8 Å². The molecular formula is C15H21N3S. The molecule has 102 valence electrons. The van der Waals surface area contributed by atoms with Gasteiger partial charge < -0.3 is 5.32 Å². The summed E-state index contributed by atoms with van der Waals surface area (Å²) in [5, 5.41) is 4.87. The lowest BCUT2D eigenvalue weighted by Gasteiger charge is -2.18. The van der Waals surface area contributed by atoms with E-state index in [2.05, 4.69) is 43.0 Å². The Hall–Kier alpha value is -1.16. The maximum atomic E-state index is 4.48. The van der Waals surface area contributed by atoms with Crippen LogP contribution in [0.3, 0.4) is 0 Å². The largest absolute Gasteiger partial charge is 0.367 e. The van der Waals surface area contributed by atoms with Gasteiger partial charge in [-0.25, -0.2) is 9.97 Å². The Balaban J connectivity index is 1.93. The van der Waals surface area contributed by atoms with E-state index in [0.29, 0.717) is 11.5 Å². The summed E-state index contributed by atoms with van der Waals surface area (Å²) in [7, 11) is 0. The quantitative estimate of drug-likeness (QED) is 0.888. The van der Waals surface area contributed by atoms with Gasteiger partial charge in [-0.15, -0.1) is 11.3 Å². The summed E-state index contributed by atoms with van der Waals surface area (Å²) >= 11 is 1.76. The Bertz CT molecular complexity index is 615. The summed E-state index contributed by atoms with van der Waals surface area (Å²) in [6.07, 6.45) is 5.43. The first kappa shape index (κ1) is 12.9. The normalized spacial score (nSPS) is 22.0. The third-order valence-electron chi connectivity index (χ3n) is 4.27. The second kappa shape index (κ2) is 4.44. The van der Waals surface area contributed by atoms with Gasteiger partial charge in [-0.3, -0.25) is 0 Å². The number of rotatable bonds is 2. The van der Waals surface area contributed by atoms with Gasteiger partial charge in [-0.1, -0.05) is 13.8 Å². The van der Waals surface area contributed by atoms with Crippen LogP contribution >= 0.6 is 11.3 Å². The van der Waals surface area contributed by atoms with Crippen LogP contribution < -0.4 is 5.32 Å². The molecule has 3 rings (SSSR count). The predicted molar refractivity (Wildman–Crippen MR) is 81.9 cm³/mol. The number of aryl methyl sites for hydroxylation is 2. The van der Waals surface area contributed by atoms with Gasteiger partial charge in [0.1, 0.15) is 17.0 Å². The minimum absolute atomic E-state index is 0.462. The van der Waals surface area contributed by atoms with E-state index in [1.807, 2.05) is 0 Å². The lowest BCUT2D eigenvalue weighted by molar-refractivity contribution is 0.378. The number of nitrogens with zero attached hydrogens (tertiary/aromatic N) is 2. The molecule has 3 nitrogen and oxygen atoms in total. The summed E-state index contributed by atoms with van der Waals surface area (Å²) in [6, 6.07) is 0.549. The summed E-state index contributed by atoms with van der Waals surface area (Å²) in [5.41, 5.74) is 1.78. The minimum Gasteiger partial charge on any atom is -0.367 e. The van der Waals surface area contributed by atoms with Crippen molar-refractivity contribution >= 4 is 27.4 Å². The number of hydrogen-bond acceptors (Lipinski definition) is 4. The predicted octanol–water partition coefficient (Wildman–Crippen LogP) is 4.30. The zero-order valence-electron chi connectivity index (χ0n) is 12.1. The molecule has 2 heterocycles. The SMILES string of the molecule is Cc1sc2ncnc(NC3CCC(C)(C)C3)c2c1C. The van der Waals surface area contributed by atoms with Crippen molar-refractivity contribution in [3.05, 3.63) is 16.8 Å². The van der Waals surface area contributed by atoms with E-state index >= 15 is 0 Å². The van der Waals surface area contributed by atoms with Crippen molar-refractivity contribution in [2.24, 2.45) is 5.41 Å². The monoisotopic (exact) mass is 275 g/mol. The Kier molecular flexibility index (Phi) is 3.01. The number of nitrogens with one attached hydrogen (secondary N) is 1. The molecule has 4 heteroatoms. The fourth-order valence-corrected chi connectivity index (χ4v) is 4.04. The highest BCUT2D eigenvalue weighted by Gasteiger charge is 2.31. The highest BCUT2D eigenvalue weighted by Crippen LogP contribution is 2.39. The molecule has 1 saturated carbocycles. The number of aromatic nitrogens is 2. The summed E-state index contributed by atoms with van der Waals surface area (Å²) in [6.45, 7) is 9.03. The van der Waals surface area contributed by atoms with Crippen molar-refractivity contribution in [3.63, 3.8) is 0 Å². The fourth-order valence-electron chi connectivity index (χ4n) is 3.04. The van der Waals surface area contributed by atoms with E-state index in [9.17, 15) is 0 Å². The van der Waals surface area contributed by atoms with Crippen LogP contribution in [0.25, 0.3) is 10.2 Å². The first-order valence-electron chi connectivity index (χ1n) is 6.93. The molecule has 0 bridgehead atoms. The molecule has 2 aromatic heterocycles. The van der Waals surface area contributed by atoms with Crippen LogP contribution in [-0.2, 0) is 0 Å². The first-order chi connectivity index (χ1) is 8.96. The van der Waals surface area contributed by atoms with Gasteiger partial charge in [-0.2, -0.15) is 0 Å². The molecule has 1 unspecified atom stereocenters. The highest BCUT2D eigenvalue weighted by atomic mass is 32.1. The third-order valence-corrected chi connectivity index (χ3v) is 5.39. The molecule has 0 aromatic carbocycles. The second-order valence-corrected chi connectivity index (χ2v) is 7.64. The smallest absolute Gasteiger partial charge is 0.138 e. The average Bonchev–Trinajstić information content (AvgIpc) is 2.81. The van der Waals surface area contributed by atoms with Crippen LogP contribution in [0.15, 0.2) is 6.33 Å². The molecule has 1 N–H and O–H groups in total. The Morgan fingerprint density at radius 3 is 2.79 bits per heavy atom. The number of fused-ring (bicyclic) bond motifs is 1. The van der Waals surface area contributed by atoms with Crippen molar-refractivity contribution in [3.8, 4) is 0 Å². The van der Waals surface area contributed by atoms with Crippen LogP contribution in [0.5, 0.6) is 0 Å². The molecule has 1 fully saturated rings. The van der Waals surface area contributed by atoms with Gasteiger partial charge in [0.25, 0.3) is 0 Å². The molecular weight excluding hydrogens is 254 g/mol. The van der Waals surface area contributed by atoms with Crippen molar-refractivity contribution < 1.29 is 0 Å². The Labute approximate surface area is 118 Å². The van der Waals surface area contributed by atoms with Gasteiger partial charge in [0.15, 0.2) is 0 Å². The standard InChI is InChI=1S/C15H21N3S/c1-9-10(2)19-14-12(9)13(16-8-17-14)18-11-5-6-15(3,4)7-11/h8,11H,5-7H2,1-4H3,(H,16,17,18). The van der Waals surface area contributed by atoms with Gasteiger partial charge in [0, 0.05) is 10.9 Å².